The number of rotatable bonds is 4. The predicted molar refractivity (Wildman–Crippen MR) is 129 cm³/mol. The van der Waals surface area contributed by atoms with Gasteiger partial charge in [0.1, 0.15) is 11.8 Å². The molecule has 0 unspecified atom stereocenters. The lowest BCUT2D eigenvalue weighted by Gasteiger charge is -2.58. The molecule has 1 aliphatic heterocycles. The summed E-state index contributed by atoms with van der Waals surface area (Å²) in [5.74, 6) is 0.101. The maximum absolute atomic E-state index is 12.5. The van der Waals surface area contributed by atoms with Crippen molar-refractivity contribution >= 4 is 17.6 Å². The summed E-state index contributed by atoms with van der Waals surface area (Å²) in [6, 6.07) is -1.03. The fourth-order valence-electron chi connectivity index (χ4n) is 8.08. The number of aliphatic hydroxyl groups is 2. The second kappa shape index (κ2) is 8.44. The third kappa shape index (κ3) is 3.84. The van der Waals surface area contributed by atoms with Gasteiger partial charge in [-0.15, -0.1) is 0 Å². The van der Waals surface area contributed by atoms with Crippen molar-refractivity contribution in [3.8, 4) is 0 Å². The van der Waals surface area contributed by atoms with E-state index in [9.17, 15) is 24.9 Å². The number of nitrogens with zero attached hydrogens (tertiary/aromatic N) is 2. The van der Waals surface area contributed by atoms with Crippen molar-refractivity contribution in [2.75, 3.05) is 13.2 Å². The molecule has 8 nitrogen and oxygen atoms in total. The Balaban J connectivity index is 1.25. The number of aliphatic hydroxyl groups excluding tert-OH is 1. The number of hydrogen-bond donors (Lipinski definition) is 3. The van der Waals surface area contributed by atoms with E-state index in [1.54, 1.807) is 0 Å². The fraction of sp³-hybridized carbons (Fsp3) is 0.741. The van der Waals surface area contributed by atoms with Crippen molar-refractivity contribution in [1.82, 2.24) is 4.90 Å². The zero-order valence-corrected chi connectivity index (χ0v) is 20.9. The van der Waals surface area contributed by atoms with E-state index in [0.717, 1.165) is 43.4 Å². The Labute approximate surface area is 206 Å². The molecule has 1 saturated heterocycles. The highest BCUT2D eigenvalue weighted by molar-refractivity contribution is 6.05. The smallest absolute Gasteiger partial charge is 0.326 e. The second-order valence-electron chi connectivity index (χ2n) is 12.0. The van der Waals surface area contributed by atoms with E-state index >= 15 is 0 Å². The van der Waals surface area contributed by atoms with Crippen LogP contribution in [0.15, 0.2) is 29.0 Å². The lowest BCUT2D eigenvalue weighted by molar-refractivity contribution is -0.150. The van der Waals surface area contributed by atoms with Crippen LogP contribution >= 0.6 is 0 Å². The zero-order chi connectivity index (χ0) is 25.2. The number of likely N-dealkylation sites (tertiary alicyclic amines) is 1. The number of aliphatic carboxylic acids is 1. The van der Waals surface area contributed by atoms with Crippen LogP contribution in [0.1, 0.15) is 65.7 Å². The molecule has 3 N–H and O–H groups in total. The molecule has 0 aromatic carbocycles. The number of fused-ring (bicyclic) bond motifs is 5. The SMILES string of the molecule is C[C@]12C=C/C(=N\OCC(=O)N3C[C@H](O)C[C@@H]3C(=O)O)C=C1CC[C@H]1[C@H]2CC[C@@]2(C)[C@H]1CC[C@]2(C)O. The molecule has 5 aliphatic rings. The van der Waals surface area contributed by atoms with E-state index < -0.39 is 29.6 Å². The molecule has 0 radical (unpaired) electrons. The van der Waals surface area contributed by atoms with Gasteiger partial charge in [-0.05, 0) is 80.8 Å². The van der Waals surface area contributed by atoms with E-state index in [0.29, 0.717) is 23.5 Å². The van der Waals surface area contributed by atoms with Gasteiger partial charge in [0.25, 0.3) is 5.91 Å². The molecule has 4 fully saturated rings. The molecule has 0 aromatic heterocycles. The molecule has 0 bridgehead atoms. The van der Waals surface area contributed by atoms with Crippen LogP contribution in [0.25, 0.3) is 0 Å². The molecule has 8 atom stereocenters. The van der Waals surface area contributed by atoms with Crippen LogP contribution in [-0.2, 0) is 14.4 Å². The molecule has 3 saturated carbocycles. The number of β-amino-alcohol motifs (C(OH)–C–C–N with tert-alkyl or cyclic N) is 1. The van der Waals surface area contributed by atoms with Gasteiger partial charge in [0.05, 0.1) is 11.7 Å². The summed E-state index contributed by atoms with van der Waals surface area (Å²) in [5.41, 5.74) is 1.39. The zero-order valence-electron chi connectivity index (χ0n) is 20.9. The van der Waals surface area contributed by atoms with Crippen LogP contribution in [0.3, 0.4) is 0 Å². The van der Waals surface area contributed by atoms with Gasteiger partial charge in [-0.2, -0.15) is 0 Å². The van der Waals surface area contributed by atoms with E-state index in [1.165, 1.54) is 5.57 Å². The molecule has 8 heteroatoms. The number of amides is 1. The minimum atomic E-state index is -1.12. The van der Waals surface area contributed by atoms with Gasteiger partial charge < -0.3 is 25.1 Å². The Morgan fingerprint density at radius 1 is 1.17 bits per heavy atom. The minimum absolute atomic E-state index is 0.00214. The Morgan fingerprint density at radius 2 is 1.91 bits per heavy atom. The molecular weight excluding hydrogens is 448 g/mol. The molecule has 0 aromatic rings. The number of carbonyl (C=O) groups is 2. The topological polar surface area (TPSA) is 120 Å². The molecule has 0 spiro atoms. The van der Waals surface area contributed by atoms with E-state index in [-0.39, 0.29) is 30.4 Å². The molecule has 1 amide bonds. The first kappa shape index (κ1) is 24.5. The average molecular weight is 487 g/mol. The number of carbonyl (C=O) groups excluding carboxylic acids is 1. The number of carboxylic acids is 1. The summed E-state index contributed by atoms with van der Waals surface area (Å²) in [6.07, 6.45) is 11.8. The highest BCUT2D eigenvalue weighted by Gasteiger charge is 2.62. The molecule has 35 heavy (non-hydrogen) atoms. The van der Waals surface area contributed by atoms with Crippen molar-refractivity contribution in [1.29, 1.82) is 0 Å². The number of carboxylic acid groups (broad SMARTS) is 1. The largest absolute Gasteiger partial charge is 0.480 e. The summed E-state index contributed by atoms with van der Waals surface area (Å²) < 4.78 is 0. The highest BCUT2D eigenvalue weighted by Crippen LogP contribution is 2.66. The van der Waals surface area contributed by atoms with Crippen molar-refractivity contribution in [3.05, 3.63) is 23.8 Å². The summed E-state index contributed by atoms with van der Waals surface area (Å²) >= 11 is 0. The summed E-state index contributed by atoms with van der Waals surface area (Å²) in [6.45, 7) is 6.30. The van der Waals surface area contributed by atoms with Gasteiger partial charge in [-0.3, -0.25) is 4.79 Å². The van der Waals surface area contributed by atoms with E-state index in [1.807, 2.05) is 13.0 Å². The summed E-state index contributed by atoms with van der Waals surface area (Å²) in [7, 11) is 0. The minimum Gasteiger partial charge on any atom is -0.480 e. The quantitative estimate of drug-likeness (QED) is 0.526. The fourth-order valence-corrected chi connectivity index (χ4v) is 8.08. The Bertz CT molecular complexity index is 1000. The van der Waals surface area contributed by atoms with Crippen LogP contribution in [-0.4, -0.2) is 68.7 Å². The van der Waals surface area contributed by atoms with Crippen molar-refractivity contribution in [2.24, 2.45) is 33.7 Å². The van der Waals surface area contributed by atoms with Crippen LogP contribution in [0.5, 0.6) is 0 Å². The first-order valence-corrected chi connectivity index (χ1v) is 13.0. The van der Waals surface area contributed by atoms with Gasteiger partial charge >= 0.3 is 5.97 Å². The number of hydrogen-bond acceptors (Lipinski definition) is 6. The lowest BCUT2D eigenvalue weighted by Crippen LogP contribution is -2.53. The average Bonchev–Trinajstić information content (AvgIpc) is 3.31. The van der Waals surface area contributed by atoms with Gasteiger partial charge in [0.2, 0.25) is 0 Å². The second-order valence-corrected chi connectivity index (χ2v) is 12.0. The normalized spacial score (nSPS) is 45.5. The van der Waals surface area contributed by atoms with Gasteiger partial charge in [-0.25, -0.2) is 4.79 Å². The third-order valence-corrected chi connectivity index (χ3v) is 10.4. The molecular formula is C27H38N2O6. The molecule has 4 aliphatic carbocycles. The number of allylic oxidation sites excluding steroid dienone is 4. The standard InChI is InChI=1S/C27H38N2O6/c1-25-9-6-17(28-35-15-23(31)29-14-18(30)13-22(29)24(32)33)12-16(25)4-5-19-20(25)7-10-26(2)21(19)8-11-27(26,3)34/h6,9,12,18-22,30,34H,4-5,7-8,10-11,13-15H2,1-3H3,(H,32,33)/b28-17+/t18-,19+,20-,21+,22-,25+,26+,27+/m1/s1. The third-order valence-electron chi connectivity index (χ3n) is 10.4. The first-order valence-electron chi connectivity index (χ1n) is 13.0. The highest BCUT2D eigenvalue weighted by atomic mass is 16.6. The summed E-state index contributed by atoms with van der Waals surface area (Å²) in [5, 5.41) is 34.3. The van der Waals surface area contributed by atoms with Gasteiger partial charge in [0, 0.05) is 18.4 Å². The molecule has 192 valence electrons. The van der Waals surface area contributed by atoms with Crippen molar-refractivity contribution in [2.45, 2.75) is 83.5 Å². The maximum atomic E-state index is 12.5. The van der Waals surface area contributed by atoms with E-state index in [2.05, 4.69) is 31.2 Å². The van der Waals surface area contributed by atoms with Crippen LogP contribution in [0.4, 0.5) is 0 Å². The monoisotopic (exact) mass is 486 g/mol. The first-order chi connectivity index (χ1) is 16.5. The Hall–Kier alpha value is -2.19. The number of oxime groups is 1. The van der Waals surface area contributed by atoms with Crippen molar-refractivity contribution in [3.63, 3.8) is 0 Å². The maximum Gasteiger partial charge on any atom is 0.326 e. The van der Waals surface area contributed by atoms with Gasteiger partial charge in [-0.1, -0.05) is 30.7 Å². The van der Waals surface area contributed by atoms with Crippen LogP contribution in [0.2, 0.25) is 0 Å². The Morgan fingerprint density at radius 3 is 2.66 bits per heavy atom. The Kier molecular flexibility index (Phi) is 5.91. The van der Waals surface area contributed by atoms with Crippen molar-refractivity contribution < 1.29 is 29.7 Å². The lowest BCUT2D eigenvalue weighted by atomic mass is 9.47. The van der Waals surface area contributed by atoms with E-state index in [4.69, 9.17) is 4.84 Å². The molecule has 1 heterocycles. The van der Waals surface area contributed by atoms with Gasteiger partial charge in [0.15, 0.2) is 6.61 Å². The van der Waals surface area contributed by atoms with Crippen LogP contribution in [0, 0.1) is 28.6 Å². The molecule has 5 rings (SSSR count). The summed E-state index contributed by atoms with van der Waals surface area (Å²) in [4.78, 5) is 30.3. The predicted octanol–water partition coefficient (Wildman–Crippen LogP) is 2.90. The van der Waals surface area contributed by atoms with Crippen LogP contribution < -0.4 is 0 Å².